The second-order valence-electron chi connectivity index (χ2n) is 7.67. The van der Waals surface area contributed by atoms with E-state index < -0.39 is 0 Å². The molecule has 1 aliphatic rings. The largest absolute Gasteiger partial charge is 0.466 e. The number of oxazole rings is 1. The first-order chi connectivity index (χ1) is 15.0. The summed E-state index contributed by atoms with van der Waals surface area (Å²) in [5, 5.41) is 0. The molecule has 1 atom stereocenters. The van der Waals surface area contributed by atoms with Crippen LogP contribution >= 0.6 is 0 Å². The predicted molar refractivity (Wildman–Crippen MR) is 114 cm³/mol. The van der Waals surface area contributed by atoms with Crippen LogP contribution in [0.4, 0.5) is 0 Å². The minimum Gasteiger partial charge on any atom is -0.466 e. The van der Waals surface area contributed by atoms with Gasteiger partial charge in [0.2, 0.25) is 11.8 Å². The maximum Gasteiger partial charge on any atom is 0.310 e. The average Bonchev–Trinajstić information content (AvgIpc) is 3.27. The van der Waals surface area contributed by atoms with Crippen molar-refractivity contribution < 1.29 is 23.5 Å². The molecule has 0 aliphatic carbocycles. The van der Waals surface area contributed by atoms with Crippen molar-refractivity contribution in [3.05, 3.63) is 42.4 Å². The van der Waals surface area contributed by atoms with E-state index >= 15 is 0 Å². The molecule has 2 amide bonds. The Labute approximate surface area is 182 Å². The van der Waals surface area contributed by atoms with Gasteiger partial charge >= 0.3 is 5.97 Å². The molecule has 0 spiro atoms. The number of aryl methyl sites for hydroxylation is 1. The first-order valence-corrected chi connectivity index (χ1v) is 10.7. The number of benzene rings is 1. The lowest BCUT2D eigenvalue weighted by atomic mass is 9.98. The summed E-state index contributed by atoms with van der Waals surface area (Å²) in [7, 11) is 1.61. The first-order valence-electron chi connectivity index (χ1n) is 10.7. The lowest BCUT2D eigenvalue weighted by molar-refractivity contribution is -0.152. The quantitative estimate of drug-likeness (QED) is 0.601. The van der Waals surface area contributed by atoms with Gasteiger partial charge in [-0.1, -0.05) is 30.3 Å². The number of carbonyl (C=O) groups excluding carboxylic acids is 3. The highest BCUT2D eigenvalue weighted by Gasteiger charge is 2.30. The zero-order chi connectivity index (χ0) is 22.2. The number of esters is 1. The van der Waals surface area contributed by atoms with E-state index in [0.29, 0.717) is 37.8 Å². The zero-order valence-corrected chi connectivity index (χ0v) is 18.1. The SMILES string of the molecule is CCOC(=O)C1CCCN(C(=O)CN(C)C(=O)CCc2ncc(-c3ccccc3)o2)C1. The molecule has 1 unspecified atom stereocenters. The topological polar surface area (TPSA) is 93.0 Å². The smallest absolute Gasteiger partial charge is 0.310 e. The Morgan fingerprint density at radius 2 is 2.03 bits per heavy atom. The number of aromatic nitrogens is 1. The Hall–Kier alpha value is -3.16. The molecule has 31 heavy (non-hydrogen) atoms. The van der Waals surface area contributed by atoms with Gasteiger partial charge < -0.3 is 19.0 Å². The predicted octanol–water partition coefficient (Wildman–Crippen LogP) is 2.53. The summed E-state index contributed by atoms with van der Waals surface area (Å²) < 4.78 is 10.8. The van der Waals surface area contributed by atoms with Gasteiger partial charge in [-0.25, -0.2) is 4.98 Å². The standard InChI is InChI=1S/C23H29N3O5/c1-3-30-23(29)18-10-7-13-26(15-18)22(28)16-25(2)21(27)12-11-20-24-14-19(31-20)17-8-5-4-6-9-17/h4-6,8-9,14,18H,3,7,10-13,15-16H2,1-2H3. The Balaban J connectivity index is 1.46. The number of piperidine rings is 1. The molecule has 166 valence electrons. The number of likely N-dealkylation sites (N-methyl/N-ethyl adjacent to an activating group) is 1. The van der Waals surface area contributed by atoms with E-state index in [1.165, 1.54) is 4.90 Å². The van der Waals surface area contributed by atoms with Crippen molar-refractivity contribution in [1.29, 1.82) is 0 Å². The average molecular weight is 428 g/mol. The third kappa shape index (κ3) is 6.16. The van der Waals surface area contributed by atoms with Crippen molar-refractivity contribution in [3.63, 3.8) is 0 Å². The van der Waals surface area contributed by atoms with Crippen LogP contribution in [0.15, 0.2) is 40.9 Å². The number of carbonyl (C=O) groups is 3. The van der Waals surface area contributed by atoms with Crippen LogP contribution in [0.1, 0.15) is 32.1 Å². The van der Waals surface area contributed by atoms with Gasteiger partial charge in [-0.15, -0.1) is 0 Å². The summed E-state index contributed by atoms with van der Waals surface area (Å²) in [5.41, 5.74) is 0.929. The summed E-state index contributed by atoms with van der Waals surface area (Å²) in [6.45, 7) is 3.02. The van der Waals surface area contributed by atoms with Crippen molar-refractivity contribution in [2.24, 2.45) is 5.92 Å². The second kappa shape index (κ2) is 10.7. The number of rotatable bonds is 8. The normalized spacial score (nSPS) is 16.1. The first kappa shape index (κ1) is 22.5. The fraction of sp³-hybridized carbons (Fsp3) is 0.478. The van der Waals surface area contributed by atoms with Gasteiger partial charge in [0.15, 0.2) is 11.7 Å². The van der Waals surface area contributed by atoms with E-state index in [1.54, 1.807) is 25.1 Å². The molecule has 1 aliphatic heterocycles. The summed E-state index contributed by atoms with van der Waals surface area (Å²) in [6.07, 6.45) is 3.68. The molecule has 1 fully saturated rings. The maximum atomic E-state index is 12.6. The van der Waals surface area contributed by atoms with Gasteiger partial charge in [-0.05, 0) is 19.8 Å². The molecule has 0 radical (unpaired) electrons. The van der Waals surface area contributed by atoms with Gasteiger partial charge in [0.1, 0.15) is 0 Å². The van der Waals surface area contributed by atoms with Gasteiger partial charge in [0.25, 0.3) is 0 Å². The molecule has 0 N–H and O–H groups in total. The Bertz CT molecular complexity index is 896. The fourth-order valence-corrected chi connectivity index (χ4v) is 3.61. The summed E-state index contributed by atoms with van der Waals surface area (Å²) >= 11 is 0. The molecule has 0 saturated carbocycles. The van der Waals surface area contributed by atoms with Crippen molar-refractivity contribution in [2.45, 2.75) is 32.6 Å². The lowest BCUT2D eigenvalue weighted by Gasteiger charge is -2.32. The highest BCUT2D eigenvalue weighted by atomic mass is 16.5. The van der Waals surface area contributed by atoms with Crippen molar-refractivity contribution in [3.8, 4) is 11.3 Å². The van der Waals surface area contributed by atoms with E-state index in [4.69, 9.17) is 9.15 Å². The number of nitrogens with zero attached hydrogens (tertiary/aromatic N) is 3. The molecule has 2 heterocycles. The Morgan fingerprint density at radius 3 is 2.77 bits per heavy atom. The van der Waals surface area contributed by atoms with E-state index in [2.05, 4.69) is 4.98 Å². The van der Waals surface area contributed by atoms with Crippen molar-refractivity contribution >= 4 is 17.8 Å². The molecule has 0 bridgehead atoms. The maximum absolute atomic E-state index is 12.6. The zero-order valence-electron chi connectivity index (χ0n) is 18.1. The van der Waals surface area contributed by atoms with Crippen LogP contribution in [0, 0.1) is 5.92 Å². The van der Waals surface area contributed by atoms with E-state index in [-0.39, 0.29) is 36.7 Å². The van der Waals surface area contributed by atoms with Crippen LogP contribution < -0.4 is 0 Å². The monoisotopic (exact) mass is 427 g/mol. The summed E-state index contributed by atoms with van der Waals surface area (Å²) in [5.74, 6) is 0.278. The molecular formula is C23H29N3O5. The number of likely N-dealkylation sites (tertiary alicyclic amines) is 1. The summed E-state index contributed by atoms with van der Waals surface area (Å²) in [6, 6.07) is 9.63. The third-order valence-corrected chi connectivity index (χ3v) is 5.36. The third-order valence-electron chi connectivity index (χ3n) is 5.36. The molecule has 1 aromatic heterocycles. The fourth-order valence-electron chi connectivity index (χ4n) is 3.61. The Morgan fingerprint density at radius 1 is 1.26 bits per heavy atom. The molecular weight excluding hydrogens is 398 g/mol. The Kier molecular flexibility index (Phi) is 7.81. The van der Waals surface area contributed by atoms with E-state index in [9.17, 15) is 14.4 Å². The molecule has 2 aromatic rings. The van der Waals surface area contributed by atoms with Gasteiger partial charge in [-0.3, -0.25) is 14.4 Å². The van der Waals surface area contributed by atoms with Crippen molar-refractivity contribution in [1.82, 2.24) is 14.8 Å². The molecule has 8 nitrogen and oxygen atoms in total. The van der Waals surface area contributed by atoms with Gasteiger partial charge in [0, 0.05) is 38.5 Å². The molecule has 8 heteroatoms. The number of ether oxygens (including phenoxy) is 1. The van der Waals surface area contributed by atoms with Crippen LogP contribution in [0.3, 0.4) is 0 Å². The van der Waals surface area contributed by atoms with Crippen LogP contribution in [-0.4, -0.2) is 65.9 Å². The van der Waals surface area contributed by atoms with Crippen LogP contribution in [0.25, 0.3) is 11.3 Å². The van der Waals surface area contributed by atoms with Crippen molar-refractivity contribution in [2.75, 3.05) is 33.3 Å². The van der Waals surface area contributed by atoms with Crippen LogP contribution in [-0.2, 0) is 25.5 Å². The minimum atomic E-state index is -0.289. The van der Waals surface area contributed by atoms with E-state index in [1.807, 2.05) is 30.3 Å². The van der Waals surface area contributed by atoms with Crippen LogP contribution in [0.2, 0.25) is 0 Å². The van der Waals surface area contributed by atoms with Crippen LogP contribution in [0.5, 0.6) is 0 Å². The second-order valence-corrected chi connectivity index (χ2v) is 7.67. The highest BCUT2D eigenvalue weighted by Crippen LogP contribution is 2.21. The molecule has 3 rings (SSSR count). The van der Waals surface area contributed by atoms with Gasteiger partial charge in [-0.2, -0.15) is 0 Å². The minimum absolute atomic E-state index is 0.0186. The number of hydrogen-bond acceptors (Lipinski definition) is 6. The summed E-state index contributed by atoms with van der Waals surface area (Å²) in [4.78, 5) is 44.4. The van der Waals surface area contributed by atoms with Gasteiger partial charge in [0.05, 0.1) is 25.3 Å². The molecule has 1 saturated heterocycles. The number of hydrogen-bond donors (Lipinski definition) is 0. The highest BCUT2D eigenvalue weighted by molar-refractivity contribution is 5.85. The van der Waals surface area contributed by atoms with E-state index in [0.717, 1.165) is 18.4 Å². The molecule has 1 aromatic carbocycles. The lowest BCUT2D eigenvalue weighted by Crippen LogP contribution is -2.47. The number of amides is 2.